The maximum atomic E-state index is 12.1. The number of nitrogens with zero attached hydrogens (tertiary/aromatic N) is 3. The van der Waals surface area contributed by atoms with Crippen molar-refractivity contribution >= 4 is 5.91 Å². The van der Waals surface area contributed by atoms with Gasteiger partial charge in [-0.2, -0.15) is 5.26 Å². The van der Waals surface area contributed by atoms with Crippen molar-refractivity contribution in [1.29, 1.82) is 5.26 Å². The molecule has 0 bridgehead atoms. The molecule has 3 rings (SSSR count). The fourth-order valence-electron chi connectivity index (χ4n) is 4.28. The summed E-state index contributed by atoms with van der Waals surface area (Å²) < 4.78 is 0. The highest BCUT2D eigenvalue weighted by molar-refractivity contribution is 5.78. The van der Waals surface area contributed by atoms with E-state index in [0.29, 0.717) is 31.6 Å². The van der Waals surface area contributed by atoms with Crippen LogP contribution in [0.2, 0.25) is 0 Å². The molecule has 2 fully saturated rings. The van der Waals surface area contributed by atoms with Crippen molar-refractivity contribution in [3.63, 3.8) is 0 Å². The van der Waals surface area contributed by atoms with Gasteiger partial charge in [0.2, 0.25) is 5.91 Å². The molecule has 0 aliphatic carbocycles. The van der Waals surface area contributed by atoms with Gasteiger partial charge in [0.25, 0.3) is 0 Å². The predicted octanol–water partition coefficient (Wildman–Crippen LogP) is 2.15. The van der Waals surface area contributed by atoms with Gasteiger partial charge in [-0.3, -0.25) is 14.6 Å². The topological polar surface area (TPSA) is 59.4 Å². The lowest BCUT2D eigenvalue weighted by Crippen LogP contribution is -2.48. The van der Waals surface area contributed by atoms with Gasteiger partial charge in [0.05, 0.1) is 19.0 Å². The second-order valence-corrected chi connectivity index (χ2v) is 7.10. The summed E-state index contributed by atoms with van der Waals surface area (Å²) in [5.74, 6) is 0.0507. The Morgan fingerprint density at radius 2 is 1.80 bits per heavy atom. The van der Waals surface area contributed by atoms with Crippen molar-refractivity contribution in [2.75, 3.05) is 26.2 Å². The zero-order chi connectivity index (χ0) is 17.5. The SMILES string of the molecule is N#CCCNC(=O)CN1CCC[C@H]1[C@@H]1CCCN1Cc1ccccc1. The molecule has 1 aromatic rings. The van der Waals surface area contributed by atoms with E-state index in [1.807, 2.05) is 0 Å². The lowest BCUT2D eigenvalue weighted by molar-refractivity contribution is -0.122. The standard InChI is InChI=1S/C20H28N4O/c21-11-6-12-22-20(25)16-24-14-5-10-19(24)18-9-4-13-23(18)15-17-7-2-1-3-8-17/h1-3,7-8,18-19H,4-6,9-10,12-16H2,(H,22,25)/t18-,19-/m0/s1. The third kappa shape index (κ3) is 4.81. The van der Waals surface area contributed by atoms with Crippen LogP contribution in [0.15, 0.2) is 30.3 Å². The maximum Gasteiger partial charge on any atom is 0.234 e. The minimum Gasteiger partial charge on any atom is -0.354 e. The average molecular weight is 340 g/mol. The third-order valence-corrected chi connectivity index (χ3v) is 5.41. The Morgan fingerprint density at radius 1 is 1.12 bits per heavy atom. The van der Waals surface area contributed by atoms with E-state index < -0.39 is 0 Å². The summed E-state index contributed by atoms with van der Waals surface area (Å²) >= 11 is 0. The highest BCUT2D eigenvalue weighted by Crippen LogP contribution is 2.30. The van der Waals surface area contributed by atoms with Crippen LogP contribution in [0.3, 0.4) is 0 Å². The van der Waals surface area contributed by atoms with E-state index in [-0.39, 0.29) is 5.91 Å². The molecule has 0 saturated carbocycles. The van der Waals surface area contributed by atoms with Crippen LogP contribution in [0.5, 0.6) is 0 Å². The highest BCUT2D eigenvalue weighted by atomic mass is 16.2. The minimum absolute atomic E-state index is 0.0507. The molecule has 1 aromatic carbocycles. The molecule has 0 unspecified atom stereocenters. The summed E-state index contributed by atoms with van der Waals surface area (Å²) in [6, 6.07) is 13.8. The van der Waals surface area contributed by atoms with Gasteiger partial charge in [-0.1, -0.05) is 30.3 Å². The van der Waals surface area contributed by atoms with Gasteiger partial charge in [0.1, 0.15) is 0 Å². The molecule has 5 nitrogen and oxygen atoms in total. The Hall–Kier alpha value is -1.90. The molecule has 0 radical (unpaired) electrons. The summed E-state index contributed by atoms with van der Waals surface area (Å²) in [5, 5.41) is 11.4. The molecular formula is C20H28N4O. The third-order valence-electron chi connectivity index (χ3n) is 5.41. The van der Waals surface area contributed by atoms with Crippen LogP contribution in [-0.4, -0.2) is 54.0 Å². The van der Waals surface area contributed by atoms with Crippen LogP contribution in [0, 0.1) is 11.3 Å². The number of hydrogen-bond acceptors (Lipinski definition) is 4. The summed E-state index contributed by atoms with van der Waals surface area (Å²) in [7, 11) is 0. The van der Waals surface area contributed by atoms with Crippen molar-refractivity contribution in [2.24, 2.45) is 0 Å². The van der Waals surface area contributed by atoms with E-state index in [0.717, 1.165) is 19.6 Å². The molecule has 1 N–H and O–H groups in total. The molecule has 2 saturated heterocycles. The van der Waals surface area contributed by atoms with E-state index in [1.165, 1.54) is 31.2 Å². The first-order valence-electron chi connectivity index (χ1n) is 9.43. The quantitative estimate of drug-likeness (QED) is 0.773. The molecule has 2 atom stereocenters. The van der Waals surface area contributed by atoms with Crippen molar-refractivity contribution in [2.45, 2.75) is 50.7 Å². The lowest BCUT2D eigenvalue weighted by atomic mass is 10.0. The van der Waals surface area contributed by atoms with Gasteiger partial charge in [-0.05, 0) is 44.3 Å². The molecule has 25 heavy (non-hydrogen) atoms. The number of hydrogen-bond donors (Lipinski definition) is 1. The molecule has 1 amide bonds. The first-order chi connectivity index (χ1) is 12.3. The smallest absolute Gasteiger partial charge is 0.234 e. The van der Waals surface area contributed by atoms with E-state index in [4.69, 9.17) is 5.26 Å². The van der Waals surface area contributed by atoms with Crippen LogP contribution in [0.4, 0.5) is 0 Å². The van der Waals surface area contributed by atoms with Crippen molar-refractivity contribution < 1.29 is 4.79 Å². The van der Waals surface area contributed by atoms with Crippen LogP contribution in [-0.2, 0) is 11.3 Å². The van der Waals surface area contributed by atoms with E-state index in [1.54, 1.807) is 0 Å². The highest BCUT2D eigenvalue weighted by Gasteiger charge is 2.38. The molecule has 0 spiro atoms. The number of benzene rings is 1. The molecule has 2 heterocycles. The Kier molecular flexibility index (Phi) is 6.43. The van der Waals surface area contributed by atoms with Crippen LogP contribution < -0.4 is 5.32 Å². The van der Waals surface area contributed by atoms with Gasteiger partial charge in [-0.15, -0.1) is 0 Å². The van der Waals surface area contributed by atoms with E-state index >= 15 is 0 Å². The number of carbonyl (C=O) groups is 1. The Labute approximate surface area is 150 Å². The monoisotopic (exact) mass is 340 g/mol. The molecule has 0 aromatic heterocycles. The second kappa shape index (κ2) is 8.98. The van der Waals surface area contributed by atoms with Gasteiger partial charge >= 0.3 is 0 Å². The molecule has 134 valence electrons. The van der Waals surface area contributed by atoms with Crippen LogP contribution >= 0.6 is 0 Å². The fourth-order valence-corrected chi connectivity index (χ4v) is 4.28. The molecule has 5 heteroatoms. The average Bonchev–Trinajstić information content (AvgIpc) is 3.25. The Balaban J connectivity index is 1.57. The number of nitrogens with one attached hydrogen (secondary N) is 1. The lowest BCUT2D eigenvalue weighted by Gasteiger charge is -2.34. The number of amides is 1. The van der Waals surface area contributed by atoms with Crippen LogP contribution in [0.25, 0.3) is 0 Å². The van der Waals surface area contributed by atoms with Crippen LogP contribution in [0.1, 0.15) is 37.7 Å². The first-order valence-corrected chi connectivity index (χ1v) is 9.43. The molecular weight excluding hydrogens is 312 g/mol. The summed E-state index contributed by atoms with van der Waals surface area (Å²) in [4.78, 5) is 17.1. The van der Waals surface area contributed by atoms with Gasteiger partial charge in [0.15, 0.2) is 0 Å². The van der Waals surface area contributed by atoms with Crippen molar-refractivity contribution in [3.8, 4) is 6.07 Å². The van der Waals surface area contributed by atoms with E-state index in [9.17, 15) is 4.79 Å². The summed E-state index contributed by atoms with van der Waals surface area (Å²) in [5.41, 5.74) is 1.37. The zero-order valence-electron chi connectivity index (χ0n) is 14.9. The number of rotatable bonds is 7. The number of likely N-dealkylation sites (tertiary alicyclic amines) is 2. The fraction of sp³-hybridized carbons (Fsp3) is 0.600. The molecule has 2 aliphatic rings. The number of nitriles is 1. The Bertz CT molecular complexity index is 597. The van der Waals surface area contributed by atoms with Crippen molar-refractivity contribution in [3.05, 3.63) is 35.9 Å². The van der Waals surface area contributed by atoms with Crippen molar-refractivity contribution in [1.82, 2.24) is 15.1 Å². The number of carbonyl (C=O) groups excluding carboxylic acids is 1. The summed E-state index contributed by atoms with van der Waals surface area (Å²) in [6.07, 6.45) is 5.20. The van der Waals surface area contributed by atoms with Gasteiger partial charge < -0.3 is 5.32 Å². The second-order valence-electron chi connectivity index (χ2n) is 7.10. The predicted molar refractivity (Wildman–Crippen MR) is 97.7 cm³/mol. The zero-order valence-corrected chi connectivity index (χ0v) is 14.9. The normalized spacial score (nSPS) is 24.3. The first kappa shape index (κ1) is 17.9. The minimum atomic E-state index is 0.0507. The van der Waals surface area contributed by atoms with E-state index in [2.05, 4.69) is 51.5 Å². The van der Waals surface area contributed by atoms with Gasteiger partial charge in [-0.25, -0.2) is 0 Å². The summed E-state index contributed by atoms with van der Waals surface area (Å²) in [6.45, 7) is 4.08. The Morgan fingerprint density at radius 3 is 2.52 bits per heavy atom. The largest absolute Gasteiger partial charge is 0.354 e. The van der Waals surface area contributed by atoms with Gasteiger partial charge in [0, 0.05) is 25.2 Å². The maximum absolute atomic E-state index is 12.1. The molecule has 2 aliphatic heterocycles.